The van der Waals surface area contributed by atoms with Gasteiger partial charge in [-0.15, -0.1) is 0 Å². The monoisotopic (exact) mass is 465 g/mol. The molecule has 0 spiro atoms. The van der Waals surface area contributed by atoms with Crippen LogP contribution in [0.1, 0.15) is 19.8 Å². The van der Waals surface area contributed by atoms with Crippen LogP contribution in [0.5, 0.6) is 0 Å². The minimum absolute atomic E-state index is 0.0876. The van der Waals surface area contributed by atoms with Crippen LogP contribution < -0.4 is 33.2 Å². The third kappa shape index (κ3) is 10.8. The predicted molar refractivity (Wildman–Crippen MR) is 114 cm³/mol. The summed E-state index contributed by atoms with van der Waals surface area (Å²) in [6, 6.07) is -5.31. The first-order valence-corrected chi connectivity index (χ1v) is 9.92. The lowest BCUT2D eigenvalue weighted by atomic mass is 10.1. The Balaban J connectivity index is 4.87. The van der Waals surface area contributed by atoms with Crippen LogP contribution in [0.15, 0.2) is 4.99 Å². The maximum atomic E-state index is 12.4. The number of rotatable bonds is 14. The lowest BCUT2D eigenvalue weighted by Crippen LogP contribution is -2.59. The maximum Gasteiger partial charge on any atom is 0.328 e. The van der Waals surface area contributed by atoms with E-state index in [1.165, 1.54) is 0 Å². The number of hydrogen-bond acceptors (Lipinski definition) is 9. The van der Waals surface area contributed by atoms with Crippen molar-refractivity contribution in [1.82, 2.24) is 16.0 Å². The zero-order chi connectivity index (χ0) is 24.1. The highest BCUT2D eigenvalue weighted by Crippen LogP contribution is 1.99. The lowest BCUT2D eigenvalue weighted by Gasteiger charge is -2.24. The molecule has 15 heteroatoms. The number of nitrogens with zero attached hydrogens (tertiary/aromatic N) is 1. The molecular weight excluding hydrogens is 434 g/mol. The molecular formula is C16H31N7O7S. The number of aliphatic carboxylic acids is 1. The van der Waals surface area contributed by atoms with E-state index in [4.69, 9.17) is 22.3 Å². The first-order chi connectivity index (χ1) is 14.4. The Morgan fingerprint density at radius 3 is 2.03 bits per heavy atom. The minimum Gasteiger partial charge on any atom is -0.480 e. The number of carbonyl (C=O) groups is 4. The fraction of sp³-hybridized carbons (Fsp3) is 0.688. The number of hydrogen-bond donors (Lipinski definition) is 10. The fourth-order valence-electron chi connectivity index (χ4n) is 2.23. The van der Waals surface area contributed by atoms with Crippen molar-refractivity contribution >= 4 is 42.3 Å². The van der Waals surface area contributed by atoms with E-state index in [0.717, 1.165) is 6.92 Å². The Morgan fingerprint density at radius 1 is 1.03 bits per heavy atom. The van der Waals surface area contributed by atoms with Gasteiger partial charge in [0.1, 0.15) is 12.1 Å². The molecule has 0 saturated carbocycles. The van der Waals surface area contributed by atoms with Crippen molar-refractivity contribution in [2.24, 2.45) is 22.2 Å². The second-order valence-electron chi connectivity index (χ2n) is 6.61. The van der Waals surface area contributed by atoms with E-state index in [1.54, 1.807) is 0 Å². The van der Waals surface area contributed by atoms with Gasteiger partial charge in [-0.3, -0.25) is 19.4 Å². The summed E-state index contributed by atoms with van der Waals surface area (Å²) in [7, 11) is 0. The van der Waals surface area contributed by atoms with Crippen LogP contribution in [-0.4, -0.2) is 94.1 Å². The molecule has 12 N–H and O–H groups in total. The van der Waals surface area contributed by atoms with Crippen LogP contribution >= 0.6 is 12.6 Å². The number of carbonyl (C=O) groups excluding carboxylic acids is 3. The van der Waals surface area contributed by atoms with E-state index in [1.807, 2.05) is 5.32 Å². The number of carboxylic acid groups (broad SMARTS) is 1. The standard InChI is InChI=1S/C16H31N7O7S/c1-7(25)11(15(29)30)23-13(27)9(5-24)21-14(28)10(6-31)22-12(26)8(17)3-2-4-20-16(18)19/h7-11,24-25,31H,2-6,17H2,1H3,(H,21,28)(H,22,26)(H,23,27)(H,29,30)(H4,18,19,20). The Bertz CT molecular complexity index is 658. The van der Waals surface area contributed by atoms with Gasteiger partial charge in [0.25, 0.3) is 0 Å². The van der Waals surface area contributed by atoms with Crippen molar-refractivity contribution in [2.75, 3.05) is 18.9 Å². The summed E-state index contributed by atoms with van der Waals surface area (Å²) in [5.74, 6) is -4.28. The van der Waals surface area contributed by atoms with Gasteiger partial charge in [-0.05, 0) is 19.8 Å². The van der Waals surface area contributed by atoms with Gasteiger partial charge < -0.3 is 48.5 Å². The molecule has 31 heavy (non-hydrogen) atoms. The number of nitrogens with one attached hydrogen (secondary N) is 3. The highest BCUT2D eigenvalue weighted by molar-refractivity contribution is 7.80. The SMILES string of the molecule is CC(O)C(NC(=O)C(CO)NC(=O)C(CS)NC(=O)C(N)CCCN=C(N)N)C(=O)O. The van der Waals surface area contributed by atoms with E-state index in [-0.39, 0.29) is 24.7 Å². The fourth-order valence-corrected chi connectivity index (χ4v) is 2.49. The number of amides is 3. The summed E-state index contributed by atoms with van der Waals surface area (Å²) in [5, 5.41) is 34.4. The van der Waals surface area contributed by atoms with Crippen molar-refractivity contribution in [3.8, 4) is 0 Å². The van der Waals surface area contributed by atoms with E-state index >= 15 is 0 Å². The van der Waals surface area contributed by atoms with Gasteiger partial charge in [0.2, 0.25) is 17.7 Å². The van der Waals surface area contributed by atoms with Gasteiger partial charge in [0, 0.05) is 12.3 Å². The number of aliphatic imine (C=N–C) groups is 1. The molecule has 178 valence electrons. The normalized spacial score (nSPS) is 15.5. The molecule has 5 unspecified atom stereocenters. The highest BCUT2D eigenvalue weighted by atomic mass is 32.1. The Kier molecular flexibility index (Phi) is 13.2. The smallest absolute Gasteiger partial charge is 0.328 e. The lowest BCUT2D eigenvalue weighted by molar-refractivity contribution is -0.145. The second-order valence-corrected chi connectivity index (χ2v) is 6.97. The molecule has 0 aliphatic heterocycles. The summed E-state index contributed by atoms with van der Waals surface area (Å²) in [6.07, 6.45) is -0.763. The number of guanidine groups is 1. The third-order valence-corrected chi connectivity index (χ3v) is 4.35. The topological polar surface area (TPSA) is 255 Å². The van der Waals surface area contributed by atoms with Crippen LogP contribution in [0.25, 0.3) is 0 Å². The molecule has 14 nitrogen and oxygen atoms in total. The number of aliphatic hydroxyl groups is 2. The molecule has 0 radical (unpaired) electrons. The molecule has 0 fully saturated rings. The zero-order valence-electron chi connectivity index (χ0n) is 17.0. The molecule has 5 atom stereocenters. The van der Waals surface area contributed by atoms with Crippen LogP contribution in [0, 0.1) is 0 Å². The highest BCUT2D eigenvalue weighted by Gasteiger charge is 2.31. The van der Waals surface area contributed by atoms with Gasteiger partial charge in [0.15, 0.2) is 12.0 Å². The van der Waals surface area contributed by atoms with Crippen molar-refractivity contribution in [1.29, 1.82) is 0 Å². The Labute approximate surface area is 184 Å². The number of aliphatic hydroxyl groups excluding tert-OH is 2. The molecule has 0 aliphatic carbocycles. The molecule has 0 aromatic carbocycles. The van der Waals surface area contributed by atoms with Crippen molar-refractivity contribution in [3.63, 3.8) is 0 Å². The van der Waals surface area contributed by atoms with E-state index in [2.05, 4.69) is 28.3 Å². The molecule has 0 heterocycles. The minimum atomic E-state index is -1.64. The quantitative estimate of drug-likeness (QED) is 0.0506. The zero-order valence-corrected chi connectivity index (χ0v) is 17.9. The van der Waals surface area contributed by atoms with Gasteiger partial charge in [-0.25, -0.2) is 4.79 Å². The van der Waals surface area contributed by atoms with Crippen molar-refractivity contribution in [2.45, 2.75) is 50.0 Å². The summed E-state index contributed by atoms with van der Waals surface area (Å²) in [4.78, 5) is 51.5. The number of nitrogens with two attached hydrogens (primary N) is 3. The molecule has 0 rings (SSSR count). The Morgan fingerprint density at radius 2 is 1.58 bits per heavy atom. The van der Waals surface area contributed by atoms with Crippen LogP contribution in [-0.2, 0) is 19.2 Å². The summed E-state index contributed by atoms with van der Waals surface area (Å²) in [5.41, 5.74) is 16.1. The second kappa shape index (κ2) is 14.4. The molecule has 0 aromatic rings. The summed E-state index contributed by atoms with van der Waals surface area (Å²) >= 11 is 3.98. The van der Waals surface area contributed by atoms with Crippen molar-refractivity contribution < 1.29 is 34.5 Å². The Hall–Kier alpha value is -2.62. The average molecular weight is 466 g/mol. The molecule has 0 bridgehead atoms. The van der Waals surface area contributed by atoms with Crippen LogP contribution in [0.3, 0.4) is 0 Å². The third-order valence-electron chi connectivity index (χ3n) is 3.98. The van der Waals surface area contributed by atoms with E-state index in [9.17, 15) is 29.4 Å². The van der Waals surface area contributed by atoms with Gasteiger partial charge in [-0.1, -0.05) is 0 Å². The van der Waals surface area contributed by atoms with E-state index in [0.29, 0.717) is 6.42 Å². The van der Waals surface area contributed by atoms with Gasteiger partial charge in [0.05, 0.1) is 18.8 Å². The summed E-state index contributed by atoms with van der Waals surface area (Å²) in [6.45, 7) is 0.566. The van der Waals surface area contributed by atoms with E-state index < -0.39 is 60.6 Å². The predicted octanol–water partition coefficient (Wildman–Crippen LogP) is -4.79. The number of carboxylic acids is 1. The molecule has 3 amide bonds. The first kappa shape index (κ1) is 28.4. The first-order valence-electron chi connectivity index (χ1n) is 9.29. The number of thiol groups is 1. The van der Waals surface area contributed by atoms with Gasteiger partial charge in [-0.2, -0.15) is 12.6 Å². The van der Waals surface area contributed by atoms with Crippen molar-refractivity contribution in [3.05, 3.63) is 0 Å². The largest absolute Gasteiger partial charge is 0.480 e. The van der Waals surface area contributed by atoms with Crippen LogP contribution in [0.4, 0.5) is 0 Å². The molecule has 0 aromatic heterocycles. The van der Waals surface area contributed by atoms with Crippen LogP contribution in [0.2, 0.25) is 0 Å². The average Bonchev–Trinajstić information content (AvgIpc) is 2.69. The summed E-state index contributed by atoms with van der Waals surface area (Å²) < 4.78 is 0. The van der Waals surface area contributed by atoms with Gasteiger partial charge >= 0.3 is 5.97 Å². The molecule has 0 saturated heterocycles. The molecule has 0 aliphatic rings. The maximum absolute atomic E-state index is 12.4.